The predicted molar refractivity (Wildman–Crippen MR) is 277 cm³/mol. The highest BCUT2D eigenvalue weighted by Gasteiger charge is 2.91. The zero-order chi connectivity index (χ0) is 59.0. The van der Waals surface area contributed by atoms with Gasteiger partial charge in [0.1, 0.15) is 102 Å². The smallest absolute Gasteiger partial charge is 0.333 e. The van der Waals surface area contributed by atoms with E-state index in [2.05, 4.69) is 6.92 Å². The Morgan fingerprint density at radius 1 is 0.593 bits per heavy atom. The lowest BCUT2D eigenvalue weighted by Crippen LogP contribution is -2.70. The third-order valence-electron chi connectivity index (χ3n) is 20.5. The van der Waals surface area contributed by atoms with Crippen LogP contribution >= 0.6 is 0 Å². The lowest BCUT2D eigenvalue weighted by atomic mass is 9.43. The number of ether oxygens (including phenoxy) is 13. The molecule has 24 heteroatoms. The Bertz CT molecular complexity index is 2320. The summed E-state index contributed by atoms with van der Waals surface area (Å²) in [5.41, 5.74) is -2.08. The van der Waals surface area contributed by atoms with E-state index >= 15 is 0 Å². The number of carbonyl (C=O) groups is 3. The molecule has 0 aromatic rings. The molecule has 4 aliphatic carbocycles. The van der Waals surface area contributed by atoms with Gasteiger partial charge in [-0.2, -0.15) is 0 Å². The van der Waals surface area contributed by atoms with Crippen LogP contribution in [-0.2, 0) is 76.0 Å². The molecular formula is C57H88O24. The minimum absolute atomic E-state index is 0.0173. The maximum Gasteiger partial charge on any atom is 0.333 e. The van der Waals surface area contributed by atoms with Gasteiger partial charge in [0.25, 0.3) is 0 Å². The number of fused-ring (bicyclic) bond motifs is 2. The van der Waals surface area contributed by atoms with Crippen LogP contribution in [0.5, 0.6) is 0 Å². The fourth-order valence-corrected chi connectivity index (χ4v) is 15.8. The number of methoxy groups -OCH3 is 2. The van der Waals surface area contributed by atoms with Crippen molar-refractivity contribution in [3.05, 3.63) is 23.3 Å². The van der Waals surface area contributed by atoms with Gasteiger partial charge in [0.05, 0.1) is 37.6 Å². The first-order valence-electron chi connectivity index (χ1n) is 28.8. The maximum absolute atomic E-state index is 14.0. The van der Waals surface area contributed by atoms with Gasteiger partial charge in [-0.15, -0.1) is 0 Å². The molecule has 0 unspecified atom stereocenters. The predicted octanol–water partition coefficient (Wildman–Crippen LogP) is 0.536. The van der Waals surface area contributed by atoms with Crippen LogP contribution in [0.4, 0.5) is 0 Å². The van der Waals surface area contributed by atoms with Crippen LogP contribution in [0.1, 0.15) is 114 Å². The van der Waals surface area contributed by atoms with E-state index in [1.165, 1.54) is 7.11 Å². The summed E-state index contributed by atoms with van der Waals surface area (Å²) < 4.78 is 81.3. The zero-order valence-corrected chi connectivity index (χ0v) is 48.3. The van der Waals surface area contributed by atoms with E-state index in [-0.39, 0.29) is 30.1 Å². The number of Topliss-reactive ketones (excluding diaryl/α,β-unsaturated/α-hetero) is 1. The molecule has 24 nitrogen and oxygen atoms in total. The van der Waals surface area contributed by atoms with Gasteiger partial charge in [-0.1, -0.05) is 26.0 Å². The summed E-state index contributed by atoms with van der Waals surface area (Å²) >= 11 is 0. The van der Waals surface area contributed by atoms with E-state index in [0.717, 1.165) is 6.42 Å². The van der Waals surface area contributed by atoms with Gasteiger partial charge in [0.15, 0.2) is 25.2 Å². The van der Waals surface area contributed by atoms with Crippen molar-refractivity contribution in [3.8, 4) is 0 Å². The number of aliphatic hydroxyl groups excluding tert-OH is 8. The number of hydrogen-bond acceptors (Lipinski definition) is 24. The number of carbonyl (C=O) groups excluding carboxylic acids is 3. The summed E-state index contributed by atoms with van der Waals surface area (Å²) in [6, 6.07) is 0. The normalized spacial score (nSPS) is 50.8. The average Bonchev–Trinajstić information content (AvgIpc) is 1.47. The van der Waals surface area contributed by atoms with Crippen LogP contribution in [0.25, 0.3) is 0 Å². The number of rotatable bonds is 17. The largest absolute Gasteiger partial charge is 0.455 e. The fourth-order valence-electron chi connectivity index (χ4n) is 15.8. The molecule has 4 saturated carbocycles. The van der Waals surface area contributed by atoms with Gasteiger partial charge in [-0.25, -0.2) is 9.59 Å². The molecule has 460 valence electrons. The first-order chi connectivity index (χ1) is 38.3. The molecule has 5 saturated heterocycles. The number of epoxide rings is 1. The van der Waals surface area contributed by atoms with Crippen LogP contribution in [0, 0.1) is 28.6 Å². The number of esters is 2. The molecule has 0 aromatic carbocycles. The molecule has 0 bridgehead atoms. The van der Waals surface area contributed by atoms with Crippen LogP contribution in [-0.4, -0.2) is 232 Å². The second-order valence-electron chi connectivity index (χ2n) is 24.6. The summed E-state index contributed by atoms with van der Waals surface area (Å²) in [6.45, 7) is 14.6. The molecule has 5 heterocycles. The van der Waals surface area contributed by atoms with Crippen molar-refractivity contribution in [2.75, 3.05) is 27.4 Å². The Labute approximate surface area is 472 Å². The van der Waals surface area contributed by atoms with Gasteiger partial charge in [-0.05, 0) is 105 Å². The van der Waals surface area contributed by atoms with Gasteiger partial charge < -0.3 is 102 Å². The second-order valence-corrected chi connectivity index (χ2v) is 24.6. The number of hydrogen-bond donors (Lipinski definition) is 8. The van der Waals surface area contributed by atoms with Gasteiger partial charge >= 0.3 is 11.9 Å². The molecule has 0 amide bonds. The van der Waals surface area contributed by atoms with E-state index in [0.29, 0.717) is 49.7 Å². The van der Waals surface area contributed by atoms with Crippen LogP contribution in [0.3, 0.4) is 0 Å². The molecule has 0 radical (unpaired) electrons. The second kappa shape index (κ2) is 24.2. The number of aliphatic hydroxyl groups is 8. The molecular weight excluding hydrogens is 1070 g/mol. The van der Waals surface area contributed by atoms with Crippen LogP contribution in [0.15, 0.2) is 23.3 Å². The van der Waals surface area contributed by atoms with Crippen LogP contribution in [0.2, 0.25) is 0 Å². The molecule has 2 spiro atoms. The third kappa shape index (κ3) is 10.6. The third-order valence-corrected chi connectivity index (χ3v) is 20.5. The monoisotopic (exact) mass is 1160 g/mol. The van der Waals surface area contributed by atoms with Crippen molar-refractivity contribution in [2.24, 2.45) is 28.6 Å². The standard InChI is InChI=1S/C57H88O24/c1-12-24(3)49(67)76-46-47-54(8)17-15-30(20-29(54)14-18-56(47)57(81-56)19-16-31(26(5)60)55(57,9)48(46)80-50(68)25(4)13-2)73-35-21-32(69-10)42(27(6)71-35)77-53-41(66)45(70-11)43(28(7)72-53)78-52-40(65)38(63)44(34(23-59)75-52)79-51-39(64)37(62)36(61)33(22-58)74-51/h12-13,27-48,51-53,58-59,61-66H,14-23H2,1-11H3/b24-12+,25-13+/t27-,28-,29+,30+,31+,32-,33-,34-,35+,36-,37+,38-,39-,40-,41-,42-,43-,44-,45+,46+,47-,48-,51+,52+,53+,54+,55+,56+,57-/m1/s1. The van der Waals surface area contributed by atoms with E-state index in [1.54, 1.807) is 60.8 Å². The highest BCUT2D eigenvalue weighted by Crippen LogP contribution is 2.81. The average molecular weight is 1160 g/mol. The Morgan fingerprint density at radius 2 is 1.19 bits per heavy atom. The van der Waals surface area contributed by atoms with Crippen molar-refractivity contribution in [3.63, 3.8) is 0 Å². The van der Waals surface area contributed by atoms with Gasteiger partial charge in [-0.3, -0.25) is 4.79 Å². The quantitative estimate of drug-likeness (QED) is 0.0426. The molecule has 5 aliphatic heterocycles. The highest BCUT2D eigenvalue weighted by atomic mass is 16.8. The van der Waals surface area contributed by atoms with Crippen molar-refractivity contribution >= 4 is 17.7 Å². The Kier molecular flexibility index (Phi) is 18.8. The first-order valence-corrected chi connectivity index (χ1v) is 28.8. The topological polar surface area (TPSA) is 336 Å². The molecule has 0 aromatic heterocycles. The maximum atomic E-state index is 14.0. The van der Waals surface area contributed by atoms with Crippen molar-refractivity contribution in [2.45, 2.75) is 260 Å². The molecule has 81 heavy (non-hydrogen) atoms. The van der Waals surface area contributed by atoms with Crippen molar-refractivity contribution < 1.29 is 117 Å². The Hall–Kier alpha value is -2.67. The summed E-state index contributed by atoms with van der Waals surface area (Å²) in [7, 11) is 2.88. The lowest BCUT2D eigenvalue weighted by Gasteiger charge is -2.61. The Balaban J connectivity index is 0.847. The number of allylic oxidation sites excluding steroid dienone is 2. The molecule has 9 fully saturated rings. The first kappa shape index (κ1) is 62.8. The summed E-state index contributed by atoms with van der Waals surface area (Å²) in [4.78, 5) is 41.5. The minimum atomic E-state index is -1.86. The van der Waals surface area contributed by atoms with E-state index in [9.17, 15) is 55.2 Å². The number of ketones is 1. The summed E-state index contributed by atoms with van der Waals surface area (Å²) in [6.07, 6.45) is -19.4. The zero-order valence-electron chi connectivity index (χ0n) is 48.3. The SMILES string of the molecule is C/C=C(\C)C(=O)O[C@@H]1[C@@H](OC(=O)/C(C)=C/C)[C@]2(C)[C@H](C(C)=O)CC[C@@]23O[C@]32CC[C@H]3C[C@@H](O[C@H]4C[C@@H](OC)[C@H](O[C@@H]5O[C@H](C)[C@@H](O[C@@H]6O[C@H](CO)[C@@H](O[C@@H]7O[C@H](CO)[C@@H](O)[C@H](O)[C@H]7O)[C@H](O)[C@H]6O)[C@@H](OC)[C@H]5O)[C@@H](C)O4)CC[C@]3(C)[C@@H]12. The summed E-state index contributed by atoms with van der Waals surface area (Å²) in [5, 5.41) is 85.2. The van der Waals surface area contributed by atoms with Gasteiger partial charge in [0.2, 0.25) is 0 Å². The molecule has 9 aliphatic rings. The fraction of sp³-hybridized carbons (Fsp3) is 0.877. The molecule has 29 atom stereocenters. The van der Waals surface area contributed by atoms with Crippen molar-refractivity contribution in [1.29, 1.82) is 0 Å². The summed E-state index contributed by atoms with van der Waals surface area (Å²) in [5.74, 6) is -1.84. The Morgan fingerprint density at radius 3 is 1.80 bits per heavy atom. The minimum Gasteiger partial charge on any atom is -0.455 e. The van der Waals surface area contributed by atoms with Crippen molar-refractivity contribution in [1.82, 2.24) is 0 Å². The highest BCUT2D eigenvalue weighted by molar-refractivity contribution is 5.89. The van der Waals surface area contributed by atoms with Gasteiger partial charge in [0, 0.05) is 49.0 Å². The van der Waals surface area contributed by atoms with Crippen LogP contribution < -0.4 is 0 Å². The molecule has 9 rings (SSSR count). The lowest BCUT2D eigenvalue weighted by molar-refractivity contribution is -0.384. The molecule has 8 N–H and O–H groups in total. The van der Waals surface area contributed by atoms with E-state index < -0.39 is 182 Å². The van der Waals surface area contributed by atoms with E-state index in [1.807, 2.05) is 13.8 Å². The van der Waals surface area contributed by atoms with E-state index in [4.69, 9.17) is 61.6 Å².